The van der Waals surface area contributed by atoms with Crippen LogP contribution in [0.15, 0.2) is 59.4 Å². The predicted octanol–water partition coefficient (Wildman–Crippen LogP) is 3.97. The van der Waals surface area contributed by atoms with Crippen molar-refractivity contribution in [3.05, 3.63) is 93.4 Å². The molecule has 2 amide bonds. The van der Waals surface area contributed by atoms with E-state index >= 15 is 4.39 Å². The van der Waals surface area contributed by atoms with Gasteiger partial charge in [-0.05, 0) is 67.3 Å². The SMILES string of the molecule is CN(C)C(=O)C(=O)NC1CCc2ccc(C3CC3)c(=O)n2C1Cc1cccc(-c2cccc(F)c2)c1F. The smallest absolute Gasteiger partial charge is 0.311 e. The first-order valence-corrected chi connectivity index (χ1v) is 12.5. The molecule has 3 aromatic rings. The summed E-state index contributed by atoms with van der Waals surface area (Å²) in [6, 6.07) is 13.4. The molecule has 1 fully saturated rings. The van der Waals surface area contributed by atoms with Crippen LogP contribution in [0.5, 0.6) is 0 Å². The Hall–Kier alpha value is -3.81. The van der Waals surface area contributed by atoms with Crippen molar-refractivity contribution in [2.24, 2.45) is 0 Å². The Kier molecular flexibility index (Phi) is 6.67. The van der Waals surface area contributed by atoms with Crippen molar-refractivity contribution >= 4 is 11.8 Å². The Balaban J connectivity index is 1.56. The number of nitrogens with one attached hydrogen (secondary N) is 1. The van der Waals surface area contributed by atoms with Gasteiger partial charge in [0, 0.05) is 30.9 Å². The van der Waals surface area contributed by atoms with Gasteiger partial charge in [0.1, 0.15) is 11.6 Å². The lowest BCUT2D eigenvalue weighted by Crippen LogP contribution is -2.52. The maximum Gasteiger partial charge on any atom is 0.311 e. The molecule has 1 aromatic heterocycles. The Labute approximate surface area is 213 Å². The molecule has 1 aliphatic carbocycles. The monoisotopic (exact) mass is 505 g/mol. The van der Waals surface area contributed by atoms with Crippen molar-refractivity contribution in [1.82, 2.24) is 14.8 Å². The molecular formula is C29H29F2N3O3. The first-order chi connectivity index (χ1) is 17.7. The maximum atomic E-state index is 15.8. The van der Waals surface area contributed by atoms with E-state index in [1.807, 2.05) is 12.1 Å². The van der Waals surface area contributed by atoms with Gasteiger partial charge >= 0.3 is 11.8 Å². The van der Waals surface area contributed by atoms with Gasteiger partial charge in [-0.1, -0.05) is 36.4 Å². The van der Waals surface area contributed by atoms with E-state index in [9.17, 15) is 18.8 Å². The summed E-state index contributed by atoms with van der Waals surface area (Å²) in [5, 5.41) is 2.81. The van der Waals surface area contributed by atoms with Gasteiger partial charge in [-0.3, -0.25) is 14.4 Å². The summed E-state index contributed by atoms with van der Waals surface area (Å²) in [5.41, 5.74) is 2.46. The minimum atomic E-state index is -0.760. The lowest BCUT2D eigenvalue weighted by atomic mass is 9.89. The molecule has 2 aliphatic rings. The van der Waals surface area contributed by atoms with Crippen molar-refractivity contribution in [2.45, 2.75) is 50.1 Å². The number of carbonyl (C=O) groups is 2. The minimum Gasteiger partial charge on any atom is -0.343 e. The van der Waals surface area contributed by atoms with Crippen LogP contribution in [0.25, 0.3) is 11.1 Å². The van der Waals surface area contributed by atoms with Crippen molar-refractivity contribution in [3.63, 3.8) is 0 Å². The molecule has 0 saturated heterocycles. The fraction of sp³-hybridized carbons (Fsp3) is 0.345. The lowest BCUT2D eigenvalue weighted by Gasteiger charge is -2.36. The molecule has 2 aromatic carbocycles. The second kappa shape index (κ2) is 9.92. The molecule has 0 radical (unpaired) electrons. The van der Waals surface area contributed by atoms with Crippen LogP contribution in [-0.2, 0) is 22.4 Å². The normalized spacial score (nSPS) is 18.7. The molecule has 1 N–H and O–H groups in total. The number of aromatic nitrogens is 1. The van der Waals surface area contributed by atoms with Crippen LogP contribution in [-0.4, -0.2) is 41.4 Å². The number of benzene rings is 2. The fourth-order valence-corrected chi connectivity index (χ4v) is 5.23. The van der Waals surface area contributed by atoms with Gasteiger partial charge in [0.25, 0.3) is 5.56 Å². The molecule has 0 bridgehead atoms. The number of nitrogens with zero attached hydrogens (tertiary/aromatic N) is 2. The molecule has 5 rings (SSSR count). The topological polar surface area (TPSA) is 71.4 Å². The van der Waals surface area contributed by atoms with Gasteiger partial charge in [0.15, 0.2) is 0 Å². The van der Waals surface area contributed by atoms with Crippen LogP contribution in [0.2, 0.25) is 0 Å². The van der Waals surface area contributed by atoms with Crippen molar-refractivity contribution in [1.29, 1.82) is 0 Å². The van der Waals surface area contributed by atoms with Crippen LogP contribution in [0.1, 0.15) is 48.0 Å². The maximum absolute atomic E-state index is 15.8. The summed E-state index contributed by atoms with van der Waals surface area (Å²) in [6.07, 6.45) is 3.09. The third-order valence-corrected chi connectivity index (χ3v) is 7.32. The largest absolute Gasteiger partial charge is 0.343 e. The van der Waals surface area contributed by atoms with Crippen LogP contribution in [0, 0.1) is 11.6 Å². The average Bonchev–Trinajstić information content (AvgIpc) is 3.71. The zero-order chi connectivity index (χ0) is 26.3. The number of amides is 2. The van der Waals surface area contributed by atoms with Gasteiger partial charge in [0.05, 0.1) is 12.1 Å². The van der Waals surface area contributed by atoms with E-state index in [0.29, 0.717) is 24.0 Å². The summed E-state index contributed by atoms with van der Waals surface area (Å²) < 4.78 is 31.3. The van der Waals surface area contributed by atoms with Crippen LogP contribution >= 0.6 is 0 Å². The van der Waals surface area contributed by atoms with E-state index in [1.165, 1.54) is 37.2 Å². The summed E-state index contributed by atoms with van der Waals surface area (Å²) in [5.74, 6) is -2.19. The molecule has 1 aliphatic heterocycles. The summed E-state index contributed by atoms with van der Waals surface area (Å²) in [6.45, 7) is 0. The molecule has 37 heavy (non-hydrogen) atoms. The zero-order valence-electron chi connectivity index (χ0n) is 20.8. The van der Waals surface area contributed by atoms with Crippen LogP contribution < -0.4 is 10.9 Å². The molecule has 2 atom stereocenters. The molecule has 192 valence electrons. The number of fused-ring (bicyclic) bond motifs is 1. The lowest BCUT2D eigenvalue weighted by molar-refractivity contribution is -0.144. The molecular weight excluding hydrogens is 476 g/mol. The molecule has 2 unspecified atom stereocenters. The number of halogens is 2. The van der Waals surface area contributed by atoms with E-state index in [-0.39, 0.29) is 23.5 Å². The van der Waals surface area contributed by atoms with Gasteiger partial charge < -0.3 is 14.8 Å². The van der Waals surface area contributed by atoms with Gasteiger partial charge in [-0.2, -0.15) is 0 Å². The second-order valence-electron chi connectivity index (χ2n) is 10.1. The Morgan fingerprint density at radius 3 is 2.49 bits per heavy atom. The number of hydrogen-bond acceptors (Lipinski definition) is 3. The number of likely N-dealkylation sites (N-methyl/N-ethyl adjacent to an activating group) is 1. The number of rotatable bonds is 5. The number of pyridine rings is 1. The van der Waals surface area contributed by atoms with Gasteiger partial charge in [0.2, 0.25) is 0 Å². The highest BCUT2D eigenvalue weighted by Gasteiger charge is 2.36. The van der Waals surface area contributed by atoms with Crippen LogP contribution in [0.4, 0.5) is 8.78 Å². The third-order valence-electron chi connectivity index (χ3n) is 7.32. The molecule has 2 heterocycles. The van der Waals surface area contributed by atoms with Crippen molar-refractivity contribution < 1.29 is 18.4 Å². The fourth-order valence-electron chi connectivity index (χ4n) is 5.23. The van der Waals surface area contributed by atoms with E-state index < -0.39 is 35.5 Å². The summed E-state index contributed by atoms with van der Waals surface area (Å²) in [7, 11) is 2.99. The van der Waals surface area contributed by atoms with E-state index in [4.69, 9.17) is 0 Å². The number of aryl methyl sites for hydroxylation is 1. The Morgan fingerprint density at radius 1 is 1.03 bits per heavy atom. The van der Waals surface area contributed by atoms with Crippen molar-refractivity contribution in [2.75, 3.05) is 14.1 Å². The van der Waals surface area contributed by atoms with Crippen molar-refractivity contribution in [3.8, 4) is 11.1 Å². The molecule has 1 saturated carbocycles. The predicted molar refractivity (Wildman–Crippen MR) is 136 cm³/mol. The molecule has 8 heteroatoms. The molecule has 6 nitrogen and oxygen atoms in total. The summed E-state index contributed by atoms with van der Waals surface area (Å²) >= 11 is 0. The molecule has 0 spiro atoms. The highest BCUT2D eigenvalue weighted by Crippen LogP contribution is 2.39. The highest BCUT2D eigenvalue weighted by molar-refractivity contribution is 6.34. The Bertz CT molecular complexity index is 1430. The number of carbonyl (C=O) groups excluding carboxylic acids is 2. The summed E-state index contributed by atoms with van der Waals surface area (Å²) in [4.78, 5) is 39.8. The van der Waals surface area contributed by atoms with E-state index in [0.717, 1.165) is 24.1 Å². The zero-order valence-corrected chi connectivity index (χ0v) is 20.8. The van der Waals surface area contributed by atoms with E-state index in [1.54, 1.807) is 28.8 Å². The second-order valence-corrected chi connectivity index (χ2v) is 10.1. The first kappa shape index (κ1) is 24.9. The third kappa shape index (κ3) is 4.92. The Morgan fingerprint density at radius 2 is 1.78 bits per heavy atom. The minimum absolute atomic E-state index is 0.121. The first-order valence-electron chi connectivity index (χ1n) is 12.5. The van der Waals surface area contributed by atoms with Crippen LogP contribution in [0.3, 0.4) is 0 Å². The number of hydrogen-bond donors (Lipinski definition) is 1. The van der Waals surface area contributed by atoms with Gasteiger partial charge in [-0.15, -0.1) is 0 Å². The highest BCUT2D eigenvalue weighted by atomic mass is 19.1. The quantitative estimate of drug-likeness (QED) is 0.534. The van der Waals surface area contributed by atoms with Gasteiger partial charge in [-0.25, -0.2) is 8.78 Å². The standard InChI is InChI=1S/C29H29F2N3O3/c1-33(2)29(37)27(35)32-24-14-12-21-11-13-23(17-9-10-17)28(36)34(21)25(24)16-19-6-4-8-22(26(19)31)18-5-3-7-20(30)15-18/h3-8,11,13,15,17,24-25H,9-10,12,14,16H2,1-2H3,(H,32,35). The average molecular weight is 506 g/mol. The van der Waals surface area contributed by atoms with E-state index in [2.05, 4.69) is 5.32 Å².